The minimum atomic E-state index is 0.658. The van der Waals surface area contributed by atoms with Crippen molar-refractivity contribution in [1.82, 2.24) is 0 Å². The van der Waals surface area contributed by atoms with E-state index in [1.165, 1.54) is 9.13 Å². The average molecular weight is 292 g/mol. The zero-order valence-electron chi connectivity index (χ0n) is 7.63. The predicted molar refractivity (Wildman–Crippen MR) is 65.0 cm³/mol. The molecule has 2 nitrogen and oxygen atoms in total. The molecule has 1 rings (SSSR count). The summed E-state index contributed by atoms with van der Waals surface area (Å²) in [6, 6.07) is 8.33. The molecule has 0 bridgehead atoms. The highest BCUT2D eigenvalue weighted by Crippen LogP contribution is 2.11. The highest BCUT2D eigenvalue weighted by Gasteiger charge is 1.96. The fourth-order valence-corrected chi connectivity index (χ4v) is 1.71. The van der Waals surface area contributed by atoms with E-state index in [4.69, 9.17) is 5.73 Å². The van der Waals surface area contributed by atoms with E-state index in [2.05, 4.69) is 45.8 Å². The summed E-state index contributed by atoms with van der Waals surface area (Å²) in [4.78, 5) is 4.15. The lowest BCUT2D eigenvalue weighted by molar-refractivity contribution is 0.958. The van der Waals surface area contributed by atoms with Crippen molar-refractivity contribution in [2.45, 2.75) is 13.3 Å². The highest BCUT2D eigenvalue weighted by atomic mass is 131. The minimum Gasteiger partial charge on any atom is -0.388 e. The molecule has 2 N–H and O–H groups in total. The third-order valence-electron chi connectivity index (χ3n) is 1.70. The second-order valence-corrected chi connectivity index (χ2v) is 4.03. The van der Waals surface area contributed by atoms with Crippen LogP contribution >= 0.6 is 22.6 Å². The number of nitrogens with zero attached hydrogens (tertiary/aromatic N) is 1. The van der Waals surface area contributed by atoms with Gasteiger partial charge in [0.25, 0.3) is 0 Å². The van der Waals surface area contributed by atoms with Crippen LogP contribution in [0.1, 0.15) is 12.5 Å². The van der Waals surface area contributed by atoms with Crippen molar-refractivity contribution in [2.24, 2.45) is 10.7 Å². The lowest BCUT2D eigenvalue weighted by Gasteiger charge is -2.01. The Kier molecular flexibility index (Phi) is 4.21. The number of rotatable bonds is 3. The second-order valence-electron chi connectivity index (χ2n) is 2.86. The quantitative estimate of drug-likeness (QED) is 0.518. The van der Waals surface area contributed by atoms with E-state index in [9.17, 15) is 0 Å². The molecule has 3 heteroatoms. The SMILES string of the molecule is CC(N)=NCCc1ccccc1[131I]. The van der Waals surface area contributed by atoms with Gasteiger partial charge < -0.3 is 5.73 Å². The van der Waals surface area contributed by atoms with Gasteiger partial charge >= 0.3 is 0 Å². The second kappa shape index (κ2) is 5.21. The average Bonchev–Trinajstić information content (AvgIpc) is 2.08. The number of hydrogen-bond acceptors (Lipinski definition) is 1. The van der Waals surface area contributed by atoms with Gasteiger partial charge in [-0.2, -0.15) is 0 Å². The van der Waals surface area contributed by atoms with Gasteiger partial charge in [-0.1, -0.05) is 18.2 Å². The Hall–Kier alpha value is -0.580. The molecule has 0 spiro atoms. The van der Waals surface area contributed by atoms with E-state index in [0.717, 1.165) is 13.0 Å². The van der Waals surface area contributed by atoms with E-state index < -0.39 is 0 Å². The van der Waals surface area contributed by atoms with Gasteiger partial charge in [-0.15, -0.1) is 0 Å². The van der Waals surface area contributed by atoms with Gasteiger partial charge in [-0.25, -0.2) is 0 Å². The molecular weight excluding hydrogens is 279 g/mol. The monoisotopic (exact) mass is 292 g/mol. The minimum absolute atomic E-state index is 0.658. The summed E-state index contributed by atoms with van der Waals surface area (Å²) >= 11 is 2.34. The zero-order chi connectivity index (χ0) is 9.68. The molecule has 0 unspecified atom stereocenters. The first-order valence-corrected chi connectivity index (χ1v) is 5.28. The molecular formula is C10H13IN2. The lowest BCUT2D eigenvalue weighted by atomic mass is 10.2. The van der Waals surface area contributed by atoms with Gasteiger partial charge in [-0.05, 0) is 47.6 Å². The number of benzene rings is 1. The first kappa shape index (κ1) is 10.5. The van der Waals surface area contributed by atoms with E-state index in [1.807, 2.05) is 13.0 Å². The summed E-state index contributed by atoms with van der Waals surface area (Å²) in [6.07, 6.45) is 0.966. The van der Waals surface area contributed by atoms with Crippen LogP contribution in [-0.4, -0.2) is 12.4 Å². The smallest absolute Gasteiger partial charge is 0.0905 e. The molecule has 0 heterocycles. The third kappa shape index (κ3) is 3.76. The molecule has 0 saturated heterocycles. The van der Waals surface area contributed by atoms with Crippen LogP contribution in [-0.2, 0) is 6.42 Å². The molecule has 0 aliphatic rings. The van der Waals surface area contributed by atoms with Gasteiger partial charge in [0.2, 0.25) is 0 Å². The summed E-state index contributed by atoms with van der Waals surface area (Å²) in [5, 5.41) is 0. The van der Waals surface area contributed by atoms with Crippen LogP contribution in [0, 0.1) is 3.57 Å². The van der Waals surface area contributed by atoms with Crippen LogP contribution in [0.3, 0.4) is 0 Å². The predicted octanol–water partition coefficient (Wildman–Crippen LogP) is 2.21. The number of aliphatic imine (C=N–C) groups is 1. The fraction of sp³-hybridized carbons (Fsp3) is 0.300. The summed E-state index contributed by atoms with van der Waals surface area (Å²) in [6.45, 7) is 2.60. The van der Waals surface area contributed by atoms with Gasteiger partial charge in [-0.3, -0.25) is 4.99 Å². The number of nitrogens with two attached hydrogens (primary N) is 1. The summed E-state index contributed by atoms with van der Waals surface area (Å²) in [5.41, 5.74) is 6.78. The molecule has 70 valence electrons. The Morgan fingerprint density at radius 3 is 2.77 bits per heavy atom. The van der Waals surface area contributed by atoms with Crippen LogP contribution in [0.5, 0.6) is 0 Å². The maximum atomic E-state index is 5.44. The van der Waals surface area contributed by atoms with Crippen LogP contribution in [0.4, 0.5) is 0 Å². The maximum Gasteiger partial charge on any atom is 0.0905 e. The van der Waals surface area contributed by atoms with Crippen molar-refractivity contribution < 1.29 is 0 Å². The third-order valence-corrected chi connectivity index (χ3v) is 2.75. The lowest BCUT2D eigenvalue weighted by Crippen LogP contribution is -2.07. The molecule has 0 aliphatic carbocycles. The molecule has 0 aliphatic heterocycles. The molecule has 0 saturated carbocycles. The van der Waals surface area contributed by atoms with Crippen LogP contribution in [0.15, 0.2) is 29.3 Å². The van der Waals surface area contributed by atoms with Crippen LogP contribution in [0.2, 0.25) is 0 Å². The zero-order valence-corrected chi connectivity index (χ0v) is 9.78. The van der Waals surface area contributed by atoms with Crippen molar-refractivity contribution in [1.29, 1.82) is 0 Å². The molecule has 0 fully saturated rings. The van der Waals surface area contributed by atoms with Crippen LogP contribution in [0.25, 0.3) is 0 Å². The van der Waals surface area contributed by atoms with Gasteiger partial charge in [0.1, 0.15) is 0 Å². The van der Waals surface area contributed by atoms with Crippen molar-refractivity contribution in [2.75, 3.05) is 6.54 Å². The molecule has 0 aromatic heterocycles. The molecule has 0 radical (unpaired) electrons. The van der Waals surface area contributed by atoms with Crippen molar-refractivity contribution >= 4 is 28.4 Å². The Balaban J connectivity index is 2.55. The molecule has 1 aromatic rings. The number of halogens is 1. The molecule has 0 amide bonds. The van der Waals surface area contributed by atoms with Crippen molar-refractivity contribution in [3.63, 3.8) is 0 Å². The van der Waals surface area contributed by atoms with E-state index in [-0.39, 0.29) is 0 Å². The Bertz CT molecular complexity index is 304. The largest absolute Gasteiger partial charge is 0.388 e. The van der Waals surface area contributed by atoms with Gasteiger partial charge in [0, 0.05) is 10.1 Å². The topological polar surface area (TPSA) is 38.4 Å². The highest BCUT2D eigenvalue weighted by molar-refractivity contribution is 14.1. The van der Waals surface area contributed by atoms with Gasteiger partial charge in [0.15, 0.2) is 0 Å². The molecule has 13 heavy (non-hydrogen) atoms. The first-order chi connectivity index (χ1) is 6.20. The Labute approximate surface area is 92.4 Å². The fourth-order valence-electron chi connectivity index (χ4n) is 1.05. The Morgan fingerprint density at radius 2 is 2.15 bits per heavy atom. The number of hydrogen-bond donors (Lipinski definition) is 1. The standard InChI is InChI=1S/C10H13IN2/c1-8(12)13-7-6-9-4-2-3-5-10(9)11/h2-5H,6-7H2,1H3,(H2,12,13)/i11+4. The van der Waals surface area contributed by atoms with E-state index in [0.29, 0.717) is 5.84 Å². The number of amidine groups is 1. The van der Waals surface area contributed by atoms with Crippen molar-refractivity contribution in [3.05, 3.63) is 33.4 Å². The van der Waals surface area contributed by atoms with E-state index >= 15 is 0 Å². The van der Waals surface area contributed by atoms with Crippen LogP contribution < -0.4 is 5.73 Å². The van der Waals surface area contributed by atoms with Gasteiger partial charge in [0.05, 0.1) is 5.84 Å². The maximum absolute atomic E-state index is 5.44. The molecule has 1 aromatic carbocycles. The normalized spacial score (nSPS) is 11.7. The summed E-state index contributed by atoms with van der Waals surface area (Å²) in [7, 11) is 0. The van der Waals surface area contributed by atoms with E-state index in [1.54, 1.807) is 0 Å². The van der Waals surface area contributed by atoms with Crippen molar-refractivity contribution in [3.8, 4) is 0 Å². The molecule has 0 atom stereocenters. The Morgan fingerprint density at radius 1 is 1.46 bits per heavy atom. The first-order valence-electron chi connectivity index (χ1n) is 4.20. The summed E-state index contributed by atoms with van der Waals surface area (Å²) < 4.78 is 1.30. The summed E-state index contributed by atoms with van der Waals surface area (Å²) in [5.74, 6) is 0.658.